The SMILES string of the molecule is CCOC(=O)c1c(NC(=O)c2cccc(Cl)c2)sc2c1CC(C)(C)NC2(C)C. The number of hydrogen-bond acceptors (Lipinski definition) is 5. The van der Waals surface area contributed by atoms with Crippen molar-refractivity contribution in [3.05, 3.63) is 50.9 Å². The van der Waals surface area contributed by atoms with E-state index < -0.39 is 5.97 Å². The summed E-state index contributed by atoms with van der Waals surface area (Å²) in [6, 6.07) is 6.72. The molecule has 0 saturated heterocycles. The number of nitrogens with one attached hydrogen (secondary N) is 2. The molecule has 0 unspecified atom stereocenters. The Hall–Kier alpha value is -1.89. The van der Waals surface area contributed by atoms with E-state index in [1.165, 1.54) is 11.3 Å². The summed E-state index contributed by atoms with van der Waals surface area (Å²) < 4.78 is 5.31. The highest BCUT2D eigenvalue weighted by atomic mass is 35.5. The minimum Gasteiger partial charge on any atom is -0.462 e. The molecule has 1 aromatic heterocycles. The number of benzene rings is 1. The van der Waals surface area contributed by atoms with Crippen molar-refractivity contribution in [1.29, 1.82) is 0 Å². The van der Waals surface area contributed by atoms with Gasteiger partial charge in [0.2, 0.25) is 0 Å². The van der Waals surface area contributed by atoms with E-state index in [-0.39, 0.29) is 23.6 Å². The Bertz CT molecular complexity index is 934. The zero-order chi connectivity index (χ0) is 20.7. The highest BCUT2D eigenvalue weighted by molar-refractivity contribution is 7.17. The number of rotatable bonds is 4. The molecule has 2 aromatic rings. The molecule has 0 atom stereocenters. The van der Waals surface area contributed by atoms with Crippen molar-refractivity contribution in [1.82, 2.24) is 5.32 Å². The third-order valence-electron chi connectivity index (χ3n) is 4.64. The molecule has 2 N–H and O–H groups in total. The van der Waals surface area contributed by atoms with Crippen LogP contribution in [0.4, 0.5) is 5.00 Å². The van der Waals surface area contributed by atoms with E-state index in [2.05, 4.69) is 38.3 Å². The third kappa shape index (κ3) is 4.09. The van der Waals surface area contributed by atoms with E-state index in [0.29, 0.717) is 27.6 Å². The molecule has 0 saturated carbocycles. The van der Waals surface area contributed by atoms with Gasteiger partial charge in [-0.2, -0.15) is 0 Å². The molecule has 150 valence electrons. The van der Waals surface area contributed by atoms with Gasteiger partial charge in [0.1, 0.15) is 5.00 Å². The second-order valence-corrected chi connectivity index (χ2v) is 9.57. The summed E-state index contributed by atoms with van der Waals surface area (Å²) in [6.07, 6.45) is 0.670. The van der Waals surface area contributed by atoms with Crippen molar-refractivity contribution in [3.8, 4) is 0 Å². The van der Waals surface area contributed by atoms with Gasteiger partial charge in [-0.05, 0) is 64.8 Å². The Morgan fingerprint density at radius 2 is 2.00 bits per heavy atom. The topological polar surface area (TPSA) is 67.4 Å². The number of anilines is 1. The number of halogens is 1. The van der Waals surface area contributed by atoms with Crippen LogP contribution in [0.15, 0.2) is 24.3 Å². The molecular formula is C21H25ClN2O3S. The Balaban J connectivity index is 2.07. The highest BCUT2D eigenvalue weighted by Crippen LogP contribution is 2.45. The molecule has 0 aliphatic carbocycles. The van der Waals surface area contributed by atoms with Gasteiger partial charge in [-0.1, -0.05) is 17.7 Å². The fourth-order valence-corrected chi connectivity index (χ4v) is 5.29. The van der Waals surface area contributed by atoms with Crippen molar-refractivity contribution in [2.24, 2.45) is 0 Å². The largest absolute Gasteiger partial charge is 0.462 e. The van der Waals surface area contributed by atoms with Crippen LogP contribution in [-0.2, 0) is 16.7 Å². The molecule has 5 nitrogen and oxygen atoms in total. The lowest BCUT2D eigenvalue weighted by atomic mass is 9.81. The van der Waals surface area contributed by atoms with Gasteiger partial charge in [-0.25, -0.2) is 4.79 Å². The van der Waals surface area contributed by atoms with E-state index in [9.17, 15) is 9.59 Å². The maximum Gasteiger partial charge on any atom is 0.341 e. The van der Waals surface area contributed by atoms with Gasteiger partial charge in [0.25, 0.3) is 5.91 Å². The first-order valence-electron chi connectivity index (χ1n) is 9.23. The van der Waals surface area contributed by atoms with Crippen molar-refractivity contribution in [2.45, 2.75) is 52.1 Å². The average Bonchev–Trinajstić information content (AvgIpc) is 2.92. The first-order valence-corrected chi connectivity index (χ1v) is 10.4. The molecule has 3 rings (SSSR count). The normalized spacial score (nSPS) is 16.9. The van der Waals surface area contributed by atoms with Gasteiger partial charge in [-0.15, -0.1) is 11.3 Å². The molecule has 7 heteroatoms. The number of amides is 1. The molecule has 1 aliphatic rings. The van der Waals surface area contributed by atoms with Crippen molar-refractivity contribution < 1.29 is 14.3 Å². The smallest absolute Gasteiger partial charge is 0.341 e. The molecule has 1 aliphatic heterocycles. The molecule has 1 aromatic carbocycles. The van der Waals surface area contributed by atoms with Gasteiger partial charge < -0.3 is 15.4 Å². The second-order valence-electron chi connectivity index (χ2n) is 8.11. The predicted octanol–water partition coefficient (Wildman–Crippen LogP) is 4.99. The summed E-state index contributed by atoms with van der Waals surface area (Å²) in [7, 11) is 0. The van der Waals surface area contributed by atoms with Crippen LogP contribution in [-0.4, -0.2) is 24.0 Å². The number of esters is 1. The summed E-state index contributed by atoms with van der Waals surface area (Å²) >= 11 is 7.43. The summed E-state index contributed by atoms with van der Waals surface area (Å²) in [6.45, 7) is 10.4. The van der Waals surface area contributed by atoms with Crippen molar-refractivity contribution in [3.63, 3.8) is 0 Å². The first-order chi connectivity index (χ1) is 13.0. The van der Waals surface area contributed by atoms with Crippen LogP contribution in [0.1, 0.15) is 65.8 Å². The molecule has 1 amide bonds. The minimum absolute atomic E-state index is 0.187. The lowest BCUT2D eigenvalue weighted by Gasteiger charge is -2.42. The average molecular weight is 421 g/mol. The van der Waals surface area contributed by atoms with E-state index in [1.54, 1.807) is 31.2 Å². The zero-order valence-electron chi connectivity index (χ0n) is 16.7. The number of fused-ring (bicyclic) bond motifs is 1. The standard InChI is InChI=1S/C21H25ClN2O3S/c1-6-27-19(26)15-14-11-20(2,3)24-21(4,5)16(14)28-18(15)23-17(25)12-8-7-9-13(22)10-12/h7-10,24H,6,11H2,1-5H3,(H,23,25). The third-order valence-corrected chi connectivity index (χ3v) is 6.34. The van der Waals surface area contributed by atoms with E-state index in [1.807, 2.05) is 0 Å². The molecule has 2 heterocycles. The van der Waals surface area contributed by atoms with Crippen LogP contribution in [0, 0.1) is 0 Å². The Kier molecular flexibility index (Phi) is 5.58. The van der Waals surface area contributed by atoms with Crippen LogP contribution in [0.5, 0.6) is 0 Å². The lowest BCUT2D eigenvalue weighted by molar-refractivity contribution is 0.0526. The number of ether oxygens (including phenoxy) is 1. The molecule has 0 bridgehead atoms. The van der Waals surface area contributed by atoms with Gasteiger partial charge in [0, 0.05) is 26.5 Å². The number of thiophene rings is 1. The van der Waals surface area contributed by atoms with E-state index >= 15 is 0 Å². The maximum atomic E-state index is 12.8. The summed E-state index contributed by atoms with van der Waals surface area (Å²) in [4.78, 5) is 26.6. The monoisotopic (exact) mass is 420 g/mol. The molecule has 0 spiro atoms. The molecule has 0 radical (unpaired) electrons. The predicted molar refractivity (Wildman–Crippen MR) is 114 cm³/mol. The fourth-order valence-electron chi connectivity index (χ4n) is 3.84. The highest BCUT2D eigenvalue weighted by Gasteiger charge is 2.42. The minimum atomic E-state index is -0.408. The van der Waals surface area contributed by atoms with E-state index in [0.717, 1.165) is 10.4 Å². The molecular weight excluding hydrogens is 396 g/mol. The Morgan fingerprint density at radius 3 is 2.64 bits per heavy atom. The maximum absolute atomic E-state index is 12.8. The first kappa shape index (κ1) is 20.8. The van der Waals surface area contributed by atoms with Crippen LogP contribution in [0.3, 0.4) is 0 Å². The summed E-state index contributed by atoms with van der Waals surface area (Å²) in [5.41, 5.74) is 1.32. The Labute approximate surface area is 174 Å². The van der Waals surface area contributed by atoms with Gasteiger partial charge >= 0.3 is 5.97 Å². The van der Waals surface area contributed by atoms with Crippen LogP contribution < -0.4 is 10.6 Å². The van der Waals surface area contributed by atoms with Crippen LogP contribution in [0.2, 0.25) is 5.02 Å². The van der Waals surface area contributed by atoms with Crippen molar-refractivity contribution in [2.75, 3.05) is 11.9 Å². The quantitative estimate of drug-likeness (QED) is 0.683. The van der Waals surface area contributed by atoms with Crippen LogP contribution in [0.25, 0.3) is 0 Å². The Morgan fingerprint density at radius 1 is 1.29 bits per heavy atom. The number of carbonyl (C=O) groups excluding carboxylic acids is 2. The van der Waals surface area contributed by atoms with Crippen molar-refractivity contribution >= 4 is 39.8 Å². The van der Waals surface area contributed by atoms with Gasteiger partial charge in [0.05, 0.1) is 12.2 Å². The van der Waals surface area contributed by atoms with Crippen LogP contribution >= 0.6 is 22.9 Å². The van der Waals surface area contributed by atoms with Gasteiger partial charge in [-0.3, -0.25) is 4.79 Å². The second kappa shape index (κ2) is 7.50. The van der Waals surface area contributed by atoms with E-state index in [4.69, 9.17) is 16.3 Å². The molecule has 28 heavy (non-hydrogen) atoms. The summed E-state index contributed by atoms with van der Waals surface area (Å²) in [5, 5.41) is 7.53. The number of hydrogen-bond donors (Lipinski definition) is 2. The summed E-state index contributed by atoms with van der Waals surface area (Å²) in [5.74, 6) is -0.716. The fraction of sp³-hybridized carbons (Fsp3) is 0.429. The van der Waals surface area contributed by atoms with Gasteiger partial charge in [0.15, 0.2) is 0 Å². The molecule has 0 fully saturated rings. The number of carbonyl (C=O) groups is 2. The zero-order valence-corrected chi connectivity index (χ0v) is 18.3. The lowest BCUT2D eigenvalue weighted by Crippen LogP contribution is -2.55.